The van der Waals surface area contributed by atoms with E-state index < -0.39 is 16.9 Å². The Morgan fingerprint density at radius 2 is 1.50 bits per heavy atom. The molecule has 0 nitrogen and oxygen atoms in total. The summed E-state index contributed by atoms with van der Waals surface area (Å²) in [6.07, 6.45) is -5.61. The average molecular weight is 461 g/mol. The third kappa shape index (κ3) is 3.07. The summed E-state index contributed by atoms with van der Waals surface area (Å²) in [7, 11) is 0. The molecule has 1 aromatic rings. The molecular formula is C10H6Br3F5. The van der Waals surface area contributed by atoms with Crippen molar-refractivity contribution in [1.82, 2.24) is 0 Å². The van der Waals surface area contributed by atoms with E-state index in [2.05, 4.69) is 47.8 Å². The Balaban J connectivity index is 3.27. The quantitative estimate of drug-likeness (QED) is 0.366. The molecule has 0 saturated heterocycles. The van der Waals surface area contributed by atoms with Gasteiger partial charge in [-0.3, -0.25) is 0 Å². The van der Waals surface area contributed by atoms with Crippen LogP contribution >= 0.6 is 47.8 Å². The van der Waals surface area contributed by atoms with Gasteiger partial charge in [0.05, 0.1) is 0 Å². The van der Waals surface area contributed by atoms with Crippen LogP contribution in [0.2, 0.25) is 0 Å². The van der Waals surface area contributed by atoms with Gasteiger partial charge in [0, 0.05) is 8.95 Å². The van der Waals surface area contributed by atoms with Crippen LogP contribution < -0.4 is 0 Å². The lowest BCUT2D eigenvalue weighted by Crippen LogP contribution is -2.40. The van der Waals surface area contributed by atoms with Crippen molar-refractivity contribution in [3.63, 3.8) is 0 Å². The van der Waals surface area contributed by atoms with Crippen molar-refractivity contribution in [2.75, 3.05) is 0 Å². The van der Waals surface area contributed by atoms with E-state index in [0.717, 1.165) is 5.56 Å². The Kier molecular flexibility index (Phi) is 4.87. The van der Waals surface area contributed by atoms with E-state index >= 15 is 0 Å². The molecule has 0 aliphatic carbocycles. The Hall–Kier alpha value is 0.310. The molecule has 1 aromatic carbocycles. The molecule has 0 heterocycles. The maximum Gasteiger partial charge on any atom is 0.454 e. The summed E-state index contributed by atoms with van der Waals surface area (Å²) in [5.74, 6) is -4.86. The van der Waals surface area contributed by atoms with Crippen molar-refractivity contribution >= 4 is 47.8 Å². The van der Waals surface area contributed by atoms with Crippen molar-refractivity contribution in [2.45, 2.75) is 23.8 Å². The highest BCUT2D eigenvalue weighted by atomic mass is 79.9. The fraction of sp³-hybridized carbons (Fsp3) is 0.400. The molecule has 1 rings (SSSR count). The molecule has 1 unspecified atom stereocenters. The molecule has 102 valence electrons. The van der Waals surface area contributed by atoms with Gasteiger partial charge >= 0.3 is 12.1 Å². The number of alkyl halides is 6. The minimum absolute atomic E-state index is 0.171. The Bertz CT molecular complexity index is 456. The summed E-state index contributed by atoms with van der Waals surface area (Å²) < 4.78 is 63.9. The van der Waals surface area contributed by atoms with Crippen molar-refractivity contribution in [3.05, 3.63) is 32.2 Å². The predicted octanol–water partition coefficient (Wildman–Crippen LogP) is 6.15. The molecule has 18 heavy (non-hydrogen) atoms. The molecule has 1 atom stereocenters. The van der Waals surface area contributed by atoms with Gasteiger partial charge in [0.15, 0.2) is 0 Å². The molecule has 0 N–H and O–H groups in total. The maximum absolute atomic E-state index is 13.2. The number of hydrogen-bond donors (Lipinski definition) is 0. The highest BCUT2D eigenvalue weighted by Gasteiger charge is 2.62. The summed E-state index contributed by atoms with van der Waals surface area (Å²) in [6, 6.07) is 2.71. The van der Waals surface area contributed by atoms with Gasteiger partial charge in [0.2, 0.25) is 0 Å². The van der Waals surface area contributed by atoms with Gasteiger partial charge in [0.25, 0.3) is 0 Å². The Morgan fingerprint density at radius 3 is 1.94 bits per heavy atom. The second-order valence-electron chi connectivity index (χ2n) is 3.61. The van der Waals surface area contributed by atoms with Crippen LogP contribution in [0.3, 0.4) is 0 Å². The van der Waals surface area contributed by atoms with E-state index in [0.29, 0.717) is 4.47 Å². The first kappa shape index (κ1) is 16.4. The van der Waals surface area contributed by atoms with Crippen LogP contribution in [0.5, 0.6) is 0 Å². The minimum Gasteiger partial charge on any atom is -0.195 e. The molecule has 0 amide bonds. The summed E-state index contributed by atoms with van der Waals surface area (Å²) in [5.41, 5.74) is 0.551. The van der Waals surface area contributed by atoms with Crippen LogP contribution in [-0.2, 0) is 0 Å². The van der Waals surface area contributed by atoms with E-state index in [1.165, 1.54) is 12.1 Å². The van der Waals surface area contributed by atoms with Crippen LogP contribution in [0, 0.1) is 6.92 Å². The van der Waals surface area contributed by atoms with Gasteiger partial charge in [0.1, 0.15) is 4.83 Å². The number of rotatable bonds is 2. The van der Waals surface area contributed by atoms with Gasteiger partial charge < -0.3 is 0 Å². The highest BCUT2D eigenvalue weighted by Crippen LogP contribution is 2.50. The zero-order chi connectivity index (χ0) is 14.3. The lowest BCUT2D eigenvalue weighted by atomic mass is 10.1. The summed E-state index contributed by atoms with van der Waals surface area (Å²) >= 11 is 8.52. The van der Waals surface area contributed by atoms with Gasteiger partial charge in [-0.15, -0.1) is 0 Å². The topological polar surface area (TPSA) is 0 Å². The largest absolute Gasteiger partial charge is 0.454 e. The van der Waals surface area contributed by atoms with Crippen molar-refractivity contribution < 1.29 is 22.0 Å². The van der Waals surface area contributed by atoms with E-state index in [1.807, 2.05) is 0 Å². The van der Waals surface area contributed by atoms with Crippen LogP contribution in [0.4, 0.5) is 22.0 Å². The highest BCUT2D eigenvalue weighted by molar-refractivity contribution is 9.11. The van der Waals surface area contributed by atoms with Crippen LogP contribution in [0.25, 0.3) is 0 Å². The molecule has 0 bridgehead atoms. The third-order valence-electron chi connectivity index (χ3n) is 2.25. The number of aryl methyl sites for hydroxylation is 1. The zero-order valence-electron chi connectivity index (χ0n) is 8.76. The smallest absolute Gasteiger partial charge is 0.195 e. The summed E-state index contributed by atoms with van der Waals surface area (Å²) in [6.45, 7) is 1.70. The molecule has 0 aliphatic rings. The molecule has 8 heteroatoms. The zero-order valence-corrected chi connectivity index (χ0v) is 13.5. The average Bonchev–Trinajstić information content (AvgIpc) is 2.20. The van der Waals surface area contributed by atoms with E-state index in [1.54, 1.807) is 6.92 Å². The van der Waals surface area contributed by atoms with E-state index in [4.69, 9.17) is 0 Å². The third-order valence-corrected chi connectivity index (χ3v) is 4.86. The normalized spacial score (nSPS) is 14.7. The fourth-order valence-corrected chi connectivity index (χ4v) is 3.19. The standard InChI is InChI=1S/C10H6Br3F5/c1-4-2-7(12)5(3-6(4)11)8(13)9(14,15)10(16,17)18/h2-3,8H,1H3. The number of benzene rings is 1. The molecule has 0 aliphatic heterocycles. The Morgan fingerprint density at radius 1 is 1.00 bits per heavy atom. The minimum atomic E-state index is -5.61. The van der Waals surface area contributed by atoms with Crippen LogP contribution in [-0.4, -0.2) is 12.1 Å². The van der Waals surface area contributed by atoms with Crippen molar-refractivity contribution in [1.29, 1.82) is 0 Å². The summed E-state index contributed by atoms with van der Waals surface area (Å²) in [4.78, 5) is -2.16. The monoisotopic (exact) mass is 458 g/mol. The second-order valence-corrected chi connectivity index (χ2v) is 6.23. The van der Waals surface area contributed by atoms with Gasteiger partial charge in [-0.2, -0.15) is 22.0 Å². The molecule has 0 radical (unpaired) electrons. The van der Waals surface area contributed by atoms with E-state index in [-0.39, 0.29) is 10.0 Å². The SMILES string of the molecule is Cc1cc(Br)c(C(Br)C(F)(F)C(F)(F)F)cc1Br. The Labute approximate surface area is 125 Å². The molecular weight excluding hydrogens is 455 g/mol. The maximum atomic E-state index is 13.2. The van der Waals surface area contributed by atoms with E-state index in [9.17, 15) is 22.0 Å². The van der Waals surface area contributed by atoms with Crippen molar-refractivity contribution in [3.8, 4) is 0 Å². The number of halogens is 8. The first-order valence-corrected chi connectivity index (χ1v) is 7.02. The summed E-state index contributed by atoms with van der Waals surface area (Å²) in [5, 5.41) is 0. The number of hydrogen-bond acceptors (Lipinski definition) is 0. The first-order valence-electron chi connectivity index (χ1n) is 4.52. The molecule has 0 saturated carbocycles. The molecule has 0 aromatic heterocycles. The van der Waals surface area contributed by atoms with Gasteiger partial charge in [-0.1, -0.05) is 47.8 Å². The lowest BCUT2D eigenvalue weighted by molar-refractivity contribution is -0.281. The molecule has 0 fully saturated rings. The van der Waals surface area contributed by atoms with Crippen molar-refractivity contribution in [2.24, 2.45) is 0 Å². The van der Waals surface area contributed by atoms with Gasteiger partial charge in [-0.25, -0.2) is 0 Å². The first-order chi connectivity index (χ1) is 7.98. The second kappa shape index (κ2) is 5.36. The fourth-order valence-electron chi connectivity index (χ4n) is 1.19. The van der Waals surface area contributed by atoms with Crippen LogP contribution in [0.1, 0.15) is 16.0 Å². The lowest BCUT2D eigenvalue weighted by Gasteiger charge is -2.25. The predicted molar refractivity (Wildman–Crippen MR) is 69.2 cm³/mol. The van der Waals surface area contributed by atoms with Gasteiger partial charge in [-0.05, 0) is 30.2 Å². The molecule has 0 spiro atoms. The van der Waals surface area contributed by atoms with Crippen LogP contribution in [0.15, 0.2) is 21.1 Å².